The Hall–Kier alpha value is -0.480. The zero-order valence-corrected chi connectivity index (χ0v) is 9.51. The molecule has 0 saturated carbocycles. The van der Waals surface area contributed by atoms with Gasteiger partial charge in [-0.2, -0.15) is 11.8 Å². The first-order chi connectivity index (χ1) is 6.59. The molecule has 0 bridgehead atoms. The molecular weight excluding hydrogens is 198 g/mol. The third-order valence-corrected chi connectivity index (χ3v) is 3.54. The van der Waals surface area contributed by atoms with E-state index in [2.05, 4.69) is 11.9 Å². The van der Waals surface area contributed by atoms with E-state index in [9.17, 15) is 4.79 Å². The predicted molar refractivity (Wildman–Crippen MR) is 59.8 cm³/mol. The minimum Gasteiger partial charge on any atom is -0.478 e. The highest BCUT2D eigenvalue weighted by atomic mass is 32.2. The summed E-state index contributed by atoms with van der Waals surface area (Å²) >= 11 is 1.97. The van der Waals surface area contributed by atoms with E-state index in [-0.39, 0.29) is 0 Å². The van der Waals surface area contributed by atoms with Crippen molar-refractivity contribution in [3.05, 3.63) is 11.6 Å². The molecule has 0 aliphatic carbocycles. The van der Waals surface area contributed by atoms with Gasteiger partial charge in [-0.05, 0) is 26.1 Å². The van der Waals surface area contributed by atoms with Crippen molar-refractivity contribution in [2.45, 2.75) is 19.4 Å². The van der Waals surface area contributed by atoms with Gasteiger partial charge >= 0.3 is 5.97 Å². The summed E-state index contributed by atoms with van der Waals surface area (Å²) in [6.45, 7) is 2.63. The number of hydrogen-bond donors (Lipinski definition) is 1. The number of likely N-dealkylation sites (N-methyl/N-ethyl adjacent to an activating group) is 1. The summed E-state index contributed by atoms with van der Waals surface area (Å²) in [6.07, 6.45) is 2.51. The van der Waals surface area contributed by atoms with E-state index in [1.54, 1.807) is 0 Å². The van der Waals surface area contributed by atoms with Crippen LogP contribution >= 0.6 is 11.8 Å². The topological polar surface area (TPSA) is 40.5 Å². The van der Waals surface area contributed by atoms with Crippen molar-refractivity contribution in [1.82, 2.24) is 4.90 Å². The SMILES string of the molecule is CC(=CC(=O)O)CN(C)C1CCSC1. The van der Waals surface area contributed by atoms with Crippen LogP contribution in [0, 0.1) is 0 Å². The maximum absolute atomic E-state index is 10.4. The Morgan fingerprint density at radius 2 is 2.43 bits per heavy atom. The quantitative estimate of drug-likeness (QED) is 0.721. The van der Waals surface area contributed by atoms with Gasteiger partial charge < -0.3 is 5.11 Å². The molecule has 1 rings (SSSR count). The molecule has 4 heteroatoms. The van der Waals surface area contributed by atoms with Crippen molar-refractivity contribution in [3.63, 3.8) is 0 Å². The first-order valence-corrected chi connectivity index (χ1v) is 5.93. The molecule has 0 amide bonds. The molecule has 1 atom stereocenters. The molecule has 1 N–H and O–H groups in total. The van der Waals surface area contributed by atoms with Crippen LogP contribution in [-0.2, 0) is 4.79 Å². The van der Waals surface area contributed by atoms with Crippen LogP contribution in [0.25, 0.3) is 0 Å². The second-order valence-corrected chi connectivity index (χ2v) is 4.91. The molecule has 1 unspecified atom stereocenters. The number of thioether (sulfide) groups is 1. The number of hydrogen-bond acceptors (Lipinski definition) is 3. The third-order valence-electron chi connectivity index (χ3n) is 2.40. The first-order valence-electron chi connectivity index (χ1n) is 4.77. The van der Waals surface area contributed by atoms with E-state index in [1.165, 1.54) is 24.0 Å². The van der Waals surface area contributed by atoms with Gasteiger partial charge in [0.15, 0.2) is 0 Å². The molecule has 14 heavy (non-hydrogen) atoms. The molecule has 0 aromatic rings. The van der Waals surface area contributed by atoms with Gasteiger partial charge in [0.1, 0.15) is 0 Å². The predicted octanol–water partition coefficient (Wildman–Crippen LogP) is 1.45. The molecule has 3 nitrogen and oxygen atoms in total. The lowest BCUT2D eigenvalue weighted by molar-refractivity contribution is -0.131. The van der Waals surface area contributed by atoms with Gasteiger partial charge in [0.25, 0.3) is 0 Å². The van der Waals surface area contributed by atoms with Crippen LogP contribution in [0.4, 0.5) is 0 Å². The largest absolute Gasteiger partial charge is 0.478 e. The fourth-order valence-electron chi connectivity index (χ4n) is 1.65. The standard InChI is InChI=1S/C10H17NO2S/c1-8(5-10(12)13)6-11(2)9-3-4-14-7-9/h5,9H,3-4,6-7H2,1-2H3,(H,12,13). The maximum atomic E-state index is 10.4. The normalized spacial score (nSPS) is 23.1. The summed E-state index contributed by atoms with van der Waals surface area (Å²) in [6, 6.07) is 0.622. The highest BCUT2D eigenvalue weighted by molar-refractivity contribution is 7.99. The van der Waals surface area contributed by atoms with Crippen molar-refractivity contribution in [2.75, 3.05) is 25.1 Å². The summed E-state index contributed by atoms with van der Waals surface area (Å²) in [5.41, 5.74) is 0.914. The Kier molecular flexibility index (Phi) is 4.48. The average Bonchev–Trinajstić information content (AvgIpc) is 2.53. The van der Waals surface area contributed by atoms with Gasteiger partial charge in [-0.1, -0.05) is 5.57 Å². The molecule has 0 spiro atoms. The van der Waals surface area contributed by atoms with Crippen LogP contribution in [0.1, 0.15) is 13.3 Å². The molecule has 1 saturated heterocycles. The number of nitrogens with zero attached hydrogens (tertiary/aromatic N) is 1. The molecule has 0 aromatic heterocycles. The third kappa shape index (κ3) is 3.72. The van der Waals surface area contributed by atoms with Crippen LogP contribution in [0.3, 0.4) is 0 Å². The summed E-state index contributed by atoms with van der Waals surface area (Å²) in [5, 5.41) is 8.56. The first kappa shape index (κ1) is 11.6. The van der Waals surface area contributed by atoms with Crippen molar-refractivity contribution < 1.29 is 9.90 Å². The molecule has 0 aromatic carbocycles. The second kappa shape index (κ2) is 5.41. The van der Waals surface area contributed by atoms with Crippen LogP contribution in [0.5, 0.6) is 0 Å². The van der Waals surface area contributed by atoms with Gasteiger partial charge in [-0.25, -0.2) is 4.79 Å². The van der Waals surface area contributed by atoms with Gasteiger partial charge in [-0.3, -0.25) is 4.90 Å². The van der Waals surface area contributed by atoms with Crippen LogP contribution in [0.15, 0.2) is 11.6 Å². The average molecular weight is 215 g/mol. The fourth-order valence-corrected chi connectivity index (χ4v) is 2.95. The molecule has 1 aliphatic heterocycles. The minimum atomic E-state index is -0.850. The molecule has 1 fully saturated rings. The molecule has 0 radical (unpaired) electrons. The van der Waals surface area contributed by atoms with E-state index >= 15 is 0 Å². The van der Waals surface area contributed by atoms with Gasteiger partial charge in [0.2, 0.25) is 0 Å². The van der Waals surface area contributed by atoms with Crippen LogP contribution < -0.4 is 0 Å². The number of carboxylic acids is 1. The number of aliphatic carboxylic acids is 1. The van der Waals surface area contributed by atoms with E-state index in [4.69, 9.17) is 5.11 Å². The van der Waals surface area contributed by atoms with E-state index in [1.807, 2.05) is 18.7 Å². The minimum absolute atomic E-state index is 0.622. The lowest BCUT2D eigenvalue weighted by atomic mass is 10.2. The van der Waals surface area contributed by atoms with Crippen molar-refractivity contribution in [2.24, 2.45) is 0 Å². The zero-order chi connectivity index (χ0) is 10.6. The highest BCUT2D eigenvalue weighted by Gasteiger charge is 2.19. The smallest absolute Gasteiger partial charge is 0.328 e. The monoisotopic (exact) mass is 215 g/mol. The van der Waals surface area contributed by atoms with Gasteiger partial charge in [0.05, 0.1) is 0 Å². The van der Waals surface area contributed by atoms with Gasteiger partial charge in [-0.15, -0.1) is 0 Å². The van der Waals surface area contributed by atoms with Crippen LogP contribution in [-0.4, -0.2) is 47.1 Å². The van der Waals surface area contributed by atoms with E-state index in [0.29, 0.717) is 6.04 Å². The Bertz CT molecular complexity index is 234. The fraction of sp³-hybridized carbons (Fsp3) is 0.700. The Morgan fingerprint density at radius 1 is 1.71 bits per heavy atom. The molecule has 80 valence electrons. The van der Waals surface area contributed by atoms with Crippen molar-refractivity contribution in [3.8, 4) is 0 Å². The Morgan fingerprint density at radius 3 is 2.93 bits per heavy atom. The molecular formula is C10H17NO2S. The van der Waals surface area contributed by atoms with Crippen LogP contribution in [0.2, 0.25) is 0 Å². The molecule has 1 heterocycles. The van der Waals surface area contributed by atoms with Crippen molar-refractivity contribution >= 4 is 17.7 Å². The lowest BCUT2D eigenvalue weighted by Gasteiger charge is -2.23. The summed E-state index contributed by atoms with van der Waals surface area (Å²) in [5.74, 6) is 1.56. The summed E-state index contributed by atoms with van der Waals surface area (Å²) in [4.78, 5) is 12.7. The summed E-state index contributed by atoms with van der Waals surface area (Å²) in [7, 11) is 2.07. The lowest BCUT2D eigenvalue weighted by Crippen LogP contribution is -2.32. The molecule has 1 aliphatic rings. The summed E-state index contributed by atoms with van der Waals surface area (Å²) < 4.78 is 0. The van der Waals surface area contributed by atoms with Crippen molar-refractivity contribution in [1.29, 1.82) is 0 Å². The highest BCUT2D eigenvalue weighted by Crippen LogP contribution is 2.21. The number of rotatable bonds is 4. The van der Waals surface area contributed by atoms with Gasteiger partial charge in [0, 0.05) is 24.4 Å². The maximum Gasteiger partial charge on any atom is 0.328 e. The number of carbonyl (C=O) groups is 1. The zero-order valence-electron chi connectivity index (χ0n) is 8.69. The number of carboxylic acid groups (broad SMARTS) is 1. The Balaban J connectivity index is 2.39. The Labute approximate surface area is 89.2 Å². The van der Waals surface area contributed by atoms with E-state index in [0.717, 1.165) is 12.1 Å². The van der Waals surface area contributed by atoms with E-state index < -0.39 is 5.97 Å². The second-order valence-electron chi connectivity index (χ2n) is 3.76.